The van der Waals surface area contributed by atoms with E-state index in [1.54, 1.807) is 0 Å². The van der Waals surface area contributed by atoms with Crippen LogP contribution >= 0.6 is 0 Å². The van der Waals surface area contributed by atoms with Crippen LogP contribution in [0.1, 0.15) is 26.2 Å². The first kappa shape index (κ1) is 21.9. The highest BCUT2D eigenvalue weighted by molar-refractivity contribution is 5.91. The topological polar surface area (TPSA) is 146 Å². The fraction of sp³-hybridized carbons (Fsp3) is 0.762. The molecule has 4 aliphatic rings. The van der Waals surface area contributed by atoms with Crippen LogP contribution in [0.15, 0.2) is 23.8 Å². The molecule has 2 saturated heterocycles. The second-order valence-electron chi connectivity index (χ2n) is 9.06. The Bertz CT molecular complexity index is 734. The minimum Gasteiger partial charge on any atom is -0.458 e. The summed E-state index contributed by atoms with van der Waals surface area (Å²) in [5, 5.41) is 50.2. The summed E-state index contributed by atoms with van der Waals surface area (Å²) in [5.41, 5.74) is 0.766. The molecule has 0 radical (unpaired) electrons. The van der Waals surface area contributed by atoms with Crippen LogP contribution in [0, 0.1) is 17.3 Å². The molecule has 0 bridgehead atoms. The van der Waals surface area contributed by atoms with Gasteiger partial charge in [-0.2, -0.15) is 0 Å². The van der Waals surface area contributed by atoms with E-state index in [1.165, 1.54) is 0 Å². The van der Waals surface area contributed by atoms with Gasteiger partial charge in [-0.3, -0.25) is 0 Å². The summed E-state index contributed by atoms with van der Waals surface area (Å²) in [6.45, 7) is 5.33. The number of fused-ring (bicyclic) bond motifs is 3. The number of hydrogen-bond acceptors (Lipinski definition) is 9. The predicted octanol–water partition coefficient (Wildman–Crippen LogP) is -0.992. The fourth-order valence-corrected chi connectivity index (χ4v) is 5.47. The van der Waals surface area contributed by atoms with Gasteiger partial charge in [-0.25, -0.2) is 4.79 Å². The van der Waals surface area contributed by atoms with Crippen molar-refractivity contribution < 1.29 is 44.5 Å². The van der Waals surface area contributed by atoms with Gasteiger partial charge >= 0.3 is 5.97 Å². The minimum atomic E-state index is -1.52. The van der Waals surface area contributed by atoms with Crippen molar-refractivity contribution in [1.82, 2.24) is 0 Å². The van der Waals surface area contributed by atoms with E-state index in [1.807, 2.05) is 13.0 Å². The number of carbonyl (C=O) groups excluding carboxylic acids is 1. The Balaban J connectivity index is 1.53. The average molecular weight is 426 g/mol. The first-order chi connectivity index (χ1) is 14.2. The van der Waals surface area contributed by atoms with Gasteiger partial charge in [-0.15, -0.1) is 0 Å². The Morgan fingerprint density at radius 3 is 2.67 bits per heavy atom. The molecule has 2 heterocycles. The quantitative estimate of drug-likeness (QED) is 0.217. The number of aliphatic hydroxyl groups is 5. The third kappa shape index (κ3) is 3.33. The SMILES string of the molecule is C=C1C(=O)O[C@@H]2[C@H]3C(CO[C@@H]4O[C@H](CO)[C@@H](O)[C@H](O)[C@H]4O)=CC[C@@H](O)[C@]3(C)CC[C@@H]12. The van der Waals surface area contributed by atoms with Gasteiger partial charge in [0.1, 0.15) is 30.5 Å². The molecule has 3 fully saturated rings. The maximum atomic E-state index is 12.1. The lowest BCUT2D eigenvalue weighted by Crippen LogP contribution is -2.59. The van der Waals surface area contributed by atoms with E-state index in [0.29, 0.717) is 24.8 Å². The summed E-state index contributed by atoms with van der Waals surface area (Å²) in [4.78, 5) is 12.1. The van der Waals surface area contributed by atoms with Crippen LogP contribution in [0.5, 0.6) is 0 Å². The van der Waals surface area contributed by atoms with Gasteiger partial charge in [0.25, 0.3) is 0 Å². The molecule has 168 valence electrons. The normalized spacial score (nSPS) is 48.6. The van der Waals surface area contributed by atoms with Crippen LogP contribution in [-0.2, 0) is 19.0 Å². The van der Waals surface area contributed by atoms with Crippen molar-refractivity contribution in [3.63, 3.8) is 0 Å². The van der Waals surface area contributed by atoms with Crippen molar-refractivity contribution in [1.29, 1.82) is 0 Å². The summed E-state index contributed by atoms with van der Waals surface area (Å²) in [5.74, 6) is -0.812. The zero-order valence-electron chi connectivity index (χ0n) is 16.9. The van der Waals surface area contributed by atoms with Gasteiger partial charge in [-0.1, -0.05) is 19.6 Å². The van der Waals surface area contributed by atoms with E-state index in [0.717, 1.165) is 5.57 Å². The number of esters is 1. The Kier molecular flexibility index (Phi) is 5.82. The second-order valence-corrected chi connectivity index (χ2v) is 9.06. The van der Waals surface area contributed by atoms with Crippen molar-refractivity contribution >= 4 is 5.97 Å². The van der Waals surface area contributed by atoms with E-state index in [-0.39, 0.29) is 18.4 Å². The lowest BCUT2D eigenvalue weighted by atomic mass is 9.55. The zero-order valence-corrected chi connectivity index (χ0v) is 16.9. The van der Waals surface area contributed by atoms with Crippen LogP contribution in [0.4, 0.5) is 0 Å². The fourth-order valence-electron chi connectivity index (χ4n) is 5.47. The molecule has 4 rings (SSSR count). The summed E-state index contributed by atoms with van der Waals surface area (Å²) in [6, 6.07) is 0. The molecule has 0 unspecified atom stereocenters. The molecule has 30 heavy (non-hydrogen) atoms. The molecule has 0 spiro atoms. The molecule has 9 nitrogen and oxygen atoms in total. The Morgan fingerprint density at radius 1 is 1.23 bits per heavy atom. The monoisotopic (exact) mass is 426 g/mol. The van der Waals surface area contributed by atoms with Gasteiger partial charge in [0.05, 0.1) is 19.3 Å². The molecular formula is C21H30O9. The predicted molar refractivity (Wildman–Crippen MR) is 102 cm³/mol. The first-order valence-corrected chi connectivity index (χ1v) is 10.4. The molecule has 0 aromatic heterocycles. The summed E-state index contributed by atoms with van der Waals surface area (Å²) < 4.78 is 16.8. The van der Waals surface area contributed by atoms with Crippen molar-refractivity contribution in [3.05, 3.63) is 23.8 Å². The van der Waals surface area contributed by atoms with E-state index in [2.05, 4.69) is 6.58 Å². The van der Waals surface area contributed by atoms with E-state index >= 15 is 0 Å². The van der Waals surface area contributed by atoms with Gasteiger partial charge in [0.15, 0.2) is 6.29 Å². The van der Waals surface area contributed by atoms with Crippen LogP contribution in [0.2, 0.25) is 0 Å². The molecule has 0 aromatic carbocycles. The summed E-state index contributed by atoms with van der Waals surface area (Å²) in [7, 11) is 0. The highest BCUT2D eigenvalue weighted by atomic mass is 16.7. The zero-order chi connectivity index (χ0) is 21.8. The third-order valence-electron chi connectivity index (χ3n) is 7.41. The van der Waals surface area contributed by atoms with Gasteiger partial charge < -0.3 is 39.7 Å². The second kappa shape index (κ2) is 7.98. The van der Waals surface area contributed by atoms with Gasteiger partial charge in [-0.05, 0) is 24.8 Å². The van der Waals surface area contributed by atoms with Crippen molar-refractivity contribution in [2.24, 2.45) is 17.3 Å². The van der Waals surface area contributed by atoms with Crippen LogP contribution in [0.25, 0.3) is 0 Å². The van der Waals surface area contributed by atoms with Crippen molar-refractivity contribution in [2.45, 2.75) is 69.1 Å². The first-order valence-electron chi connectivity index (χ1n) is 10.4. The van der Waals surface area contributed by atoms with E-state index in [4.69, 9.17) is 14.2 Å². The smallest absolute Gasteiger partial charge is 0.334 e. The number of hydrogen-bond donors (Lipinski definition) is 5. The summed E-state index contributed by atoms with van der Waals surface area (Å²) in [6.07, 6.45) is -4.12. The van der Waals surface area contributed by atoms with Crippen molar-refractivity contribution in [2.75, 3.05) is 13.2 Å². The molecule has 0 aromatic rings. The largest absolute Gasteiger partial charge is 0.458 e. The van der Waals surface area contributed by atoms with Gasteiger partial charge in [0, 0.05) is 22.8 Å². The molecule has 0 amide bonds. The maximum Gasteiger partial charge on any atom is 0.334 e. The molecule has 1 saturated carbocycles. The van der Waals surface area contributed by atoms with E-state index in [9.17, 15) is 30.3 Å². The Hall–Kier alpha value is -1.33. The van der Waals surface area contributed by atoms with Crippen LogP contribution in [-0.4, -0.2) is 87.6 Å². The number of ether oxygens (including phenoxy) is 3. The minimum absolute atomic E-state index is 0.0168. The Morgan fingerprint density at radius 2 is 1.97 bits per heavy atom. The Labute approximate surface area is 174 Å². The van der Waals surface area contributed by atoms with E-state index < -0.39 is 60.9 Å². The molecule has 2 aliphatic carbocycles. The molecular weight excluding hydrogens is 396 g/mol. The van der Waals surface area contributed by atoms with Crippen LogP contribution in [0.3, 0.4) is 0 Å². The van der Waals surface area contributed by atoms with Gasteiger partial charge in [0.2, 0.25) is 0 Å². The maximum absolute atomic E-state index is 12.1. The lowest BCUT2D eigenvalue weighted by Gasteiger charge is -2.52. The number of rotatable bonds is 4. The standard InChI is InChI=1S/C21H30O9/c1-9-11-5-6-21(2)13(23)4-3-10(14(21)18(11)30-19(9)27)8-28-20-17(26)16(25)15(24)12(7-22)29-20/h3,11-18,20,22-26H,1,4-8H2,2H3/t11-,12+,13+,14+,15+,16-,17+,18-,20+,21-/m0/s1. The average Bonchev–Trinajstić information content (AvgIpc) is 3.01. The third-order valence-corrected chi connectivity index (χ3v) is 7.41. The lowest BCUT2D eigenvalue weighted by molar-refractivity contribution is -0.299. The van der Waals surface area contributed by atoms with Crippen molar-refractivity contribution in [3.8, 4) is 0 Å². The number of carbonyl (C=O) groups is 1. The number of aliphatic hydroxyl groups excluding tert-OH is 5. The molecule has 9 heteroatoms. The molecule has 2 aliphatic heterocycles. The molecule has 10 atom stereocenters. The van der Waals surface area contributed by atoms with Crippen LogP contribution < -0.4 is 0 Å². The summed E-state index contributed by atoms with van der Waals surface area (Å²) >= 11 is 0. The highest BCUT2D eigenvalue weighted by Gasteiger charge is 2.58. The highest BCUT2D eigenvalue weighted by Crippen LogP contribution is 2.56. The molecule has 5 N–H and O–H groups in total.